The van der Waals surface area contributed by atoms with Crippen LogP contribution in [0.25, 0.3) is 4.96 Å². The Morgan fingerprint density at radius 2 is 2.09 bits per heavy atom. The normalized spacial score (nSPS) is 14.3. The molecule has 9 nitrogen and oxygen atoms in total. The summed E-state index contributed by atoms with van der Waals surface area (Å²) in [5, 5.41) is 18.9. The van der Waals surface area contributed by atoms with E-state index in [2.05, 4.69) is 15.4 Å². The number of hydrogen-bond acceptors (Lipinski definition) is 6. The average molecular weight is 465 g/mol. The Labute approximate surface area is 194 Å². The number of aliphatic hydroxyl groups excluding tert-OH is 1. The fraction of sp³-hybridized carbons (Fsp3) is 0.304. The molecular formula is C23H24N6O3S. The van der Waals surface area contributed by atoms with Crippen molar-refractivity contribution in [3.05, 3.63) is 76.3 Å². The van der Waals surface area contributed by atoms with Crippen LogP contribution in [0.1, 0.15) is 50.8 Å². The molecular weight excluding hydrogens is 440 g/mol. The smallest absolute Gasteiger partial charge is 0.274 e. The van der Waals surface area contributed by atoms with Crippen molar-refractivity contribution in [1.29, 1.82) is 0 Å². The summed E-state index contributed by atoms with van der Waals surface area (Å²) in [6, 6.07) is 9.51. The number of amides is 2. The number of aliphatic hydroxyl groups is 1. The van der Waals surface area contributed by atoms with Crippen LogP contribution in [0, 0.1) is 0 Å². The lowest BCUT2D eigenvalue weighted by Crippen LogP contribution is -2.37. The van der Waals surface area contributed by atoms with E-state index in [1.807, 2.05) is 53.2 Å². The quantitative estimate of drug-likeness (QED) is 0.456. The lowest BCUT2D eigenvalue weighted by molar-refractivity contribution is 0.0724. The summed E-state index contributed by atoms with van der Waals surface area (Å²) < 4.78 is 3.52. The van der Waals surface area contributed by atoms with E-state index in [-0.39, 0.29) is 31.0 Å². The second kappa shape index (κ2) is 8.80. The molecule has 0 saturated carbocycles. The Hall–Kier alpha value is -3.50. The van der Waals surface area contributed by atoms with E-state index >= 15 is 0 Å². The number of imidazole rings is 1. The molecule has 2 N–H and O–H groups in total. The highest BCUT2D eigenvalue weighted by molar-refractivity contribution is 7.15. The first-order valence-corrected chi connectivity index (χ1v) is 11.7. The number of rotatable bonds is 6. The summed E-state index contributed by atoms with van der Waals surface area (Å²) >= 11 is 1.47. The summed E-state index contributed by atoms with van der Waals surface area (Å²) in [5.74, 6) is -0.466. The van der Waals surface area contributed by atoms with Gasteiger partial charge < -0.3 is 15.3 Å². The number of fused-ring (bicyclic) bond motifs is 2. The van der Waals surface area contributed by atoms with Crippen LogP contribution >= 0.6 is 11.3 Å². The van der Waals surface area contributed by atoms with Crippen LogP contribution in [0.15, 0.2) is 48.1 Å². The molecule has 170 valence electrons. The highest BCUT2D eigenvalue weighted by Crippen LogP contribution is 2.25. The van der Waals surface area contributed by atoms with Gasteiger partial charge in [-0.2, -0.15) is 5.10 Å². The van der Waals surface area contributed by atoms with Gasteiger partial charge in [0.25, 0.3) is 11.8 Å². The summed E-state index contributed by atoms with van der Waals surface area (Å²) in [6.45, 7) is 2.91. The second-order valence-electron chi connectivity index (χ2n) is 8.02. The van der Waals surface area contributed by atoms with Gasteiger partial charge in [0.05, 0.1) is 25.7 Å². The number of nitrogens with one attached hydrogen (secondary N) is 1. The third-order valence-electron chi connectivity index (χ3n) is 5.91. The zero-order valence-corrected chi connectivity index (χ0v) is 19.0. The van der Waals surface area contributed by atoms with Crippen LogP contribution in [-0.4, -0.2) is 54.1 Å². The van der Waals surface area contributed by atoms with E-state index in [9.17, 15) is 14.7 Å². The lowest BCUT2D eigenvalue weighted by Gasteiger charge is -2.27. The molecule has 0 bridgehead atoms. The van der Waals surface area contributed by atoms with Gasteiger partial charge in [-0.25, -0.2) is 4.98 Å². The van der Waals surface area contributed by atoms with Gasteiger partial charge in [0.2, 0.25) is 0 Å². The van der Waals surface area contributed by atoms with Crippen molar-refractivity contribution in [3.63, 3.8) is 0 Å². The molecule has 5 rings (SSSR count). The molecule has 0 aliphatic carbocycles. The van der Waals surface area contributed by atoms with Gasteiger partial charge in [-0.15, -0.1) is 11.3 Å². The SMILES string of the molecule is C[C@H](NC(=O)c1nn(CCO)c2c1CN(C(=O)c1cn3ccsc3n1)CC2)c1ccccc1. The number of nitrogens with zero attached hydrogens (tertiary/aromatic N) is 5. The molecule has 1 aliphatic rings. The van der Waals surface area contributed by atoms with Gasteiger partial charge >= 0.3 is 0 Å². The maximum atomic E-state index is 13.2. The fourth-order valence-electron chi connectivity index (χ4n) is 4.21. The highest BCUT2D eigenvalue weighted by atomic mass is 32.1. The van der Waals surface area contributed by atoms with Crippen LogP contribution in [0.2, 0.25) is 0 Å². The van der Waals surface area contributed by atoms with E-state index in [1.165, 1.54) is 11.3 Å². The van der Waals surface area contributed by atoms with Crippen LogP contribution in [0.3, 0.4) is 0 Å². The van der Waals surface area contributed by atoms with E-state index in [1.54, 1.807) is 15.8 Å². The molecule has 0 fully saturated rings. The van der Waals surface area contributed by atoms with Crippen molar-refractivity contribution in [3.8, 4) is 0 Å². The minimum atomic E-state index is -0.295. The van der Waals surface area contributed by atoms with Crippen molar-refractivity contribution in [2.24, 2.45) is 0 Å². The minimum Gasteiger partial charge on any atom is -0.394 e. The van der Waals surface area contributed by atoms with Crippen molar-refractivity contribution in [1.82, 2.24) is 29.4 Å². The first kappa shape index (κ1) is 21.4. The number of aromatic nitrogens is 4. The molecule has 1 atom stereocenters. The van der Waals surface area contributed by atoms with Crippen LogP contribution < -0.4 is 5.32 Å². The number of carbonyl (C=O) groups excluding carboxylic acids is 2. The molecule has 4 aromatic rings. The summed E-state index contributed by atoms with van der Waals surface area (Å²) in [6.07, 6.45) is 4.15. The standard InChI is InChI=1S/C23H24N6O3S/c1-15(16-5-3-2-4-6-16)24-21(31)20-17-13-27(8-7-19(17)29(26-20)9-11-30)22(32)18-14-28-10-12-33-23(28)25-18/h2-6,10,12,14-15,30H,7-9,11,13H2,1H3,(H,24,31)/t15-/m0/s1. The second-order valence-corrected chi connectivity index (χ2v) is 8.90. The molecule has 0 spiro atoms. The minimum absolute atomic E-state index is 0.0797. The molecule has 1 aromatic carbocycles. The Morgan fingerprint density at radius 3 is 2.85 bits per heavy atom. The maximum absolute atomic E-state index is 13.2. The molecule has 10 heteroatoms. The van der Waals surface area contributed by atoms with Crippen molar-refractivity contribution >= 4 is 28.1 Å². The van der Waals surface area contributed by atoms with Crippen LogP contribution in [-0.2, 0) is 19.5 Å². The first-order valence-electron chi connectivity index (χ1n) is 10.8. The predicted octanol–water partition coefficient (Wildman–Crippen LogP) is 2.27. The van der Waals surface area contributed by atoms with Gasteiger partial charge in [0.1, 0.15) is 5.69 Å². The number of thiazole rings is 1. The summed E-state index contributed by atoms with van der Waals surface area (Å²) in [5.41, 5.74) is 3.28. The third kappa shape index (κ3) is 4.03. The molecule has 2 amide bonds. The van der Waals surface area contributed by atoms with Crippen molar-refractivity contribution in [2.75, 3.05) is 13.2 Å². The van der Waals surface area contributed by atoms with Gasteiger partial charge in [0, 0.05) is 42.0 Å². The molecule has 1 aliphatic heterocycles. The van der Waals surface area contributed by atoms with Gasteiger partial charge in [0.15, 0.2) is 10.7 Å². The highest BCUT2D eigenvalue weighted by Gasteiger charge is 2.31. The molecule has 0 unspecified atom stereocenters. The Kier molecular flexibility index (Phi) is 5.69. The fourth-order valence-corrected chi connectivity index (χ4v) is 4.91. The first-order chi connectivity index (χ1) is 16.0. The zero-order chi connectivity index (χ0) is 22.9. The molecule has 0 radical (unpaired) electrons. The van der Waals surface area contributed by atoms with Crippen LogP contribution in [0.5, 0.6) is 0 Å². The van der Waals surface area contributed by atoms with Gasteiger partial charge in [-0.05, 0) is 12.5 Å². The molecule has 3 aromatic heterocycles. The van der Waals surface area contributed by atoms with Crippen LogP contribution in [0.4, 0.5) is 0 Å². The number of carbonyl (C=O) groups is 2. The number of benzene rings is 1. The van der Waals surface area contributed by atoms with E-state index in [0.29, 0.717) is 30.9 Å². The Morgan fingerprint density at radius 1 is 1.27 bits per heavy atom. The monoisotopic (exact) mass is 464 g/mol. The Bertz CT molecular complexity index is 1280. The largest absolute Gasteiger partial charge is 0.394 e. The predicted molar refractivity (Wildman–Crippen MR) is 123 cm³/mol. The van der Waals surface area contributed by atoms with Gasteiger partial charge in [-0.1, -0.05) is 30.3 Å². The zero-order valence-electron chi connectivity index (χ0n) is 18.1. The average Bonchev–Trinajstić information content (AvgIpc) is 3.53. The Balaban J connectivity index is 1.40. The lowest BCUT2D eigenvalue weighted by atomic mass is 10.0. The van der Waals surface area contributed by atoms with Crippen molar-refractivity contribution < 1.29 is 14.7 Å². The third-order valence-corrected chi connectivity index (χ3v) is 6.68. The van der Waals surface area contributed by atoms with E-state index < -0.39 is 0 Å². The van der Waals surface area contributed by atoms with Gasteiger partial charge in [-0.3, -0.25) is 18.7 Å². The van der Waals surface area contributed by atoms with E-state index in [0.717, 1.165) is 21.8 Å². The van der Waals surface area contributed by atoms with Crippen molar-refractivity contribution in [2.45, 2.75) is 32.5 Å². The molecule has 33 heavy (non-hydrogen) atoms. The molecule has 0 saturated heterocycles. The summed E-state index contributed by atoms with van der Waals surface area (Å²) in [7, 11) is 0. The number of hydrogen-bond donors (Lipinski definition) is 2. The molecule has 4 heterocycles. The summed E-state index contributed by atoms with van der Waals surface area (Å²) in [4.78, 5) is 33.2. The topological polar surface area (TPSA) is 105 Å². The van der Waals surface area contributed by atoms with E-state index in [4.69, 9.17) is 0 Å². The maximum Gasteiger partial charge on any atom is 0.274 e.